The van der Waals surface area contributed by atoms with Gasteiger partial charge in [-0.1, -0.05) is 31.5 Å². The molecule has 0 bridgehead atoms. The van der Waals surface area contributed by atoms with Gasteiger partial charge in [-0.2, -0.15) is 5.10 Å². The van der Waals surface area contributed by atoms with E-state index >= 15 is 4.39 Å². The maximum atomic E-state index is 16.0. The Kier molecular flexibility index (Phi) is 5.93. The minimum absolute atomic E-state index is 0.103. The van der Waals surface area contributed by atoms with Crippen molar-refractivity contribution in [1.82, 2.24) is 30.1 Å². The summed E-state index contributed by atoms with van der Waals surface area (Å²) >= 11 is 1.63. The summed E-state index contributed by atoms with van der Waals surface area (Å²) < 4.78 is 16.0. The van der Waals surface area contributed by atoms with Crippen molar-refractivity contribution in [3.05, 3.63) is 66.2 Å². The van der Waals surface area contributed by atoms with Gasteiger partial charge in [-0.3, -0.25) is 19.9 Å². The Balaban J connectivity index is 1.41. The molecular weight excluding hydrogens is 489 g/mol. The summed E-state index contributed by atoms with van der Waals surface area (Å²) in [6, 6.07) is 11.6. The molecular formula is C27H22FN7OS. The number of anilines is 1. The summed E-state index contributed by atoms with van der Waals surface area (Å²) in [7, 11) is 0. The number of carbonyl (C=O) groups excluding carboxylic acids is 1. The zero-order chi connectivity index (χ0) is 25.4. The number of aromatic amines is 2. The summed E-state index contributed by atoms with van der Waals surface area (Å²) in [6.45, 7) is 2.03. The molecule has 0 saturated carbocycles. The highest BCUT2D eigenvalue weighted by Gasteiger charge is 2.21. The van der Waals surface area contributed by atoms with Crippen molar-refractivity contribution in [2.45, 2.75) is 26.2 Å². The van der Waals surface area contributed by atoms with Gasteiger partial charge in [-0.05, 0) is 30.0 Å². The molecule has 10 heteroatoms. The number of nitrogens with one attached hydrogen (secondary N) is 3. The molecule has 0 radical (unpaired) electrons. The molecule has 5 aromatic heterocycles. The van der Waals surface area contributed by atoms with Gasteiger partial charge >= 0.3 is 0 Å². The Bertz CT molecular complexity index is 1740. The minimum Gasteiger partial charge on any atom is -0.337 e. The van der Waals surface area contributed by atoms with Crippen molar-refractivity contribution >= 4 is 44.9 Å². The van der Waals surface area contributed by atoms with Crippen LogP contribution in [0, 0.1) is 5.82 Å². The first-order valence-corrected chi connectivity index (χ1v) is 12.8. The Hall–Kier alpha value is -4.44. The molecule has 0 fully saturated rings. The summed E-state index contributed by atoms with van der Waals surface area (Å²) in [5.74, 6) is -0.193. The van der Waals surface area contributed by atoms with E-state index in [1.165, 1.54) is 18.6 Å². The summed E-state index contributed by atoms with van der Waals surface area (Å²) in [5, 5.41) is 12.4. The van der Waals surface area contributed by atoms with Crippen LogP contribution in [0.15, 0.2) is 60.4 Å². The zero-order valence-electron chi connectivity index (χ0n) is 19.9. The third-order valence-electron chi connectivity index (χ3n) is 6.12. The van der Waals surface area contributed by atoms with Gasteiger partial charge in [0.1, 0.15) is 11.4 Å². The lowest BCUT2D eigenvalue weighted by Crippen LogP contribution is -2.11. The van der Waals surface area contributed by atoms with Crippen LogP contribution >= 0.6 is 11.3 Å². The highest BCUT2D eigenvalue weighted by atomic mass is 32.1. The fraction of sp³-hybridized carbons (Fsp3) is 0.148. The highest BCUT2D eigenvalue weighted by Crippen LogP contribution is 2.35. The van der Waals surface area contributed by atoms with E-state index in [2.05, 4.69) is 30.5 Å². The van der Waals surface area contributed by atoms with Gasteiger partial charge in [0.2, 0.25) is 5.91 Å². The zero-order valence-corrected chi connectivity index (χ0v) is 20.7. The van der Waals surface area contributed by atoms with Gasteiger partial charge in [-0.25, -0.2) is 9.37 Å². The van der Waals surface area contributed by atoms with Gasteiger partial charge in [0.05, 0.1) is 40.0 Å². The summed E-state index contributed by atoms with van der Waals surface area (Å²) in [6.07, 6.45) is 6.74. The first-order chi connectivity index (χ1) is 18.1. The lowest BCUT2D eigenvalue weighted by Gasteiger charge is -2.08. The Morgan fingerprint density at radius 2 is 2.03 bits per heavy atom. The smallest absolute Gasteiger partial charge is 0.224 e. The number of hydrogen-bond donors (Lipinski definition) is 3. The highest BCUT2D eigenvalue weighted by molar-refractivity contribution is 7.13. The van der Waals surface area contributed by atoms with E-state index in [-0.39, 0.29) is 17.0 Å². The minimum atomic E-state index is -0.545. The SMILES string of the molecule is CCCCC(=O)Nc1cncc(-c2ncc3[nH]nc(-c4nc5c(-c6cccs6)cccc5[nH]4)c3c2F)c1. The molecule has 1 amide bonds. The standard InChI is InChI=1S/C27H22FN7OS/c1-2-3-9-21(36)31-16-11-15(12-29-13-16)24-23(28)22-19(14-30-24)34-35-26(22)27-32-18-7-4-6-17(25(18)33-27)20-8-5-10-37-20/h4-8,10-14H,2-3,9H2,1H3,(H,31,36)(H,32,33)(H,34,35). The van der Waals surface area contributed by atoms with Crippen molar-refractivity contribution in [3.8, 4) is 33.2 Å². The van der Waals surface area contributed by atoms with E-state index in [0.29, 0.717) is 34.7 Å². The number of hydrogen-bond acceptors (Lipinski definition) is 6. The van der Waals surface area contributed by atoms with Crippen LogP contribution in [0.3, 0.4) is 0 Å². The van der Waals surface area contributed by atoms with E-state index in [1.54, 1.807) is 17.4 Å². The van der Waals surface area contributed by atoms with Crippen molar-refractivity contribution in [2.24, 2.45) is 0 Å². The average Bonchev–Trinajstić information content (AvgIpc) is 3.67. The first kappa shape index (κ1) is 23.0. The van der Waals surface area contributed by atoms with Crippen LogP contribution in [0.5, 0.6) is 0 Å². The van der Waals surface area contributed by atoms with E-state index < -0.39 is 5.82 Å². The molecule has 5 heterocycles. The molecule has 0 atom stereocenters. The van der Waals surface area contributed by atoms with Gasteiger partial charge in [0.25, 0.3) is 0 Å². The van der Waals surface area contributed by atoms with Gasteiger partial charge in [0.15, 0.2) is 11.6 Å². The molecule has 3 N–H and O–H groups in total. The number of amides is 1. The number of imidazole rings is 1. The molecule has 0 aliphatic rings. The Labute approximate surface area is 215 Å². The number of pyridine rings is 2. The van der Waals surface area contributed by atoms with Gasteiger partial charge < -0.3 is 10.3 Å². The maximum Gasteiger partial charge on any atom is 0.224 e. The second kappa shape index (κ2) is 9.55. The predicted octanol–water partition coefficient (Wildman–Crippen LogP) is 6.56. The van der Waals surface area contributed by atoms with E-state index in [4.69, 9.17) is 4.98 Å². The maximum absolute atomic E-state index is 16.0. The molecule has 0 unspecified atom stereocenters. The monoisotopic (exact) mass is 511 g/mol. The predicted molar refractivity (Wildman–Crippen MR) is 144 cm³/mol. The molecule has 37 heavy (non-hydrogen) atoms. The van der Waals surface area contributed by atoms with Gasteiger partial charge in [0, 0.05) is 28.6 Å². The first-order valence-electron chi connectivity index (χ1n) is 11.9. The lowest BCUT2D eigenvalue weighted by molar-refractivity contribution is -0.116. The Morgan fingerprint density at radius 1 is 1.11 bits per heavy atom. The summed E-state index contributed by atoms with van der Waals surface area (Å²) in [5.41, 5.74) is 4.50. The third kappa shape index (κ3) is 4.25. The number of nitrogens with zero attached hydrogens (tertiary/aromatic N) is 4. The molecule has 184 valence electrons. The Morgan fingerprint density at radius 3 is 2.86 bits per heavy atom. The molecule has 0 aliphatic heterocycles. The van der Waals surface area contributed by atoms with Crippen molar-refractivity contribution < 1.29 is 9.18 Å². The van der Waals surface area contributed by atoms with Crippen LogP contribution in [0.2, 0.25) is 0 Å². The van der Waals surface area contributed by atoms with E-state index in [9.17, 15) is 4.79 Å². The number of carbonyl (C=O) groups is 1. The molecule has 0 saturated heterocycles. The van der Waals surface area contributed by atoms with Crippen molar-refractivity contribution in [1.29, 1.82) is 0 Å². The van der Waals surface area contributed by atoms with Gasteiger partial charge in [-0.15, -0.1) is 11.3 Å². The van der Waals surface area contributed by atoms with Crippen LogP contribution in [-0.4, -0.2) is 36.0 Å². The summed E-state index contributed by atoms with van der Waals surface area (Å²) in [4.78, 5) is 29.8. The average molecular weight is 512 g/mol. The largest absolute Gasteiger partial charge is 0.337 e. The van der Waals surface area contributed by atoms with Crippen molar-refractivity contribution in [2.75, 3.05) is 5.32 Å². The number of H-pyrrole nitrogens is 2. The lowest BCUT2D eigenvalue weighted by atomic mass is 10.1. The number of benzene rings is 1. The number of rotatable bonds is 7. The fourth-order valence-electron chi connectivity index (χ4n) is 4.32. The number of aromatic nitrogens is 6. The molecule has 6 aromatic rings. The third-order valence-corrected chi connectivity index (χ3v) is 7.02. The number of fused-ring (bicyclic) bond motifs is 2. The van der Waals surface area contributed by atoms with Crippen LogP contribution in [0.1, 0.15) is 26.2 Å². The molecule has 6 rings (SSSR count). The number of unbranched alkanes of at least 4 members (excludes halogenated alkanes) is 1. The van der Waals surface area contributed by atoms with E-state index in [0.717, 1.165) is 34.3 Å². The number of halogens is 1. The number of para-hydroxylation sites is 1. The van der Waals surface area contributed by atoms with Crippen LogP contribution in [0.4, 0.5) is 10.1 Å². The van der Waals surface area contributed by atoms with Crippen LogP contribution in [0.25, 0.3) is 55.2 Å². The fourth-order valence-corrected chi connectivity index (χ4v) is 5.07. The topological polar surface area (TPSA) is 112 Å². The normalized spacial score (nSPS) is 11.4. The molecule has 0 spiro atoms. The molecule has 1 aromatic carbocycles. The second-order valence-corrected chi connectivity index (χ2v) is 9.61. The van der Waals surface area contributed by atoms with Crippen molar-refractivity contribution in [3.63, 3.8) is 0 Å². The quantitative estimate of drug-likeness (QED) is 0.225. The molecule has 0 aliphatic carbocycles. The molecule has 8 nitrogen and oxygen atoms in total. The van der Waals surface area contributed by atoms with E-state index in [1.807, 2.05) is 42.6 Å². The number of thiophene rings is 1. The van der Waals surface area contributed by atoms with Crippen LogP contribution < -0.4 is 5.32 Å². The second-order valence-electron chi connectivity index (χ2n) is 8.66. The van der Waals surface area contributed by atoms with Crippen LogP contribution in [-0.2, 0) is 4.79 Å².